The molecule has 0 spiro atoms. The molecule has 1 aromatic heterocycles. The lowest BCUT2D eigenvalue weighted by Gasteiger charge is -2.31. The molecular weight excluding hydrogens is 348 g/mol. The van der Waals surface area contributed by atoms with Gasteiger partial charge in [-0.15, -0.1) is 0 Å². The highest BCUT2D eigenvalue weighted by molar-refractivity contribution is 7.89. The third kappa shape index (κ3) is 5.62. The Balaban J connectivity index is 1.39. The topological polar surface area (TPSA) is 59.5 Å². The number of benzene rings is 1. The van der Waals surface area contributed by atoms with Gasteiger partial charge in [0.25, 0.3) is 0 Å². The maximum atomic E-state index is 12.5. The zero-order valence-corrected chi connectivity index (χ0v) is 15.6. The van der Waals surface area contributed by atoms with Crippen molar-refractivity contribution in [2.45, 2.75) is 25.4 Å². The Hall–Kier alpha value is -1.76. The van der Waals surface area contributed by atoms with Gasteiger partial charge in [-0.3, -0.25) is 4.98 Å². The summed E-state index contributed by atoms with van der Waals surface area (Å²) >= 11 is 0. The maximum absolute atomic E-state index is 12.5. The molecule has 1 aliphatic heterocycles. The predicted octanol–water partition coefficient (Wildman–Crippen LogP) is 2.69. The quantitative estimate of drug-likeness (QED) is 0.714. The van der Waals surface area contributed by atoms with Crippen LogP contribution >= 0.6 is 0 Å². The zero-order chi connectivity index (χ0) is 18.2. The average Bonchev–Trinajstić information content (AvgIpc) is 2.69. The maximum Gasteiger partial charge on any atom is 0.214 e. The Labute approximate surface area is 156 Å². The van der Waals surface area contributed by atoms with Crippen LogP contribution in [0, 0.1) is 6.42 Å². The molecule has 1 aromatic carbocycles. The van der Waals surface area contributed by atoms with E-state index in [0.29, 0.717) is 19.7 Å². The highest BCUT2D eigenvalue weighted by Crippen LogP contribution is 2.18. The van der Waals surface area contributed by atoms with Crippen LogP contribution in [0.2, 0.25) is 0 Å². The van der Waals surface area contributed by atoms with E-state index in [1.54, 1.807) is 29.2 Å². The van der Waals surface area contributed by atoms with Crippen molar-refractivity contribution in [2.75, 3.05) is 25.4 Å². The summed E-state index contributed by atoms with van der Waals surface area (Å²) in [6.45, 7) is 1.73. The summed E-state index contributed by atoms with van der Waals surface area (Å²) in [7, 11) is -3.27. The van der Waals surface area contributed by atoms with Crippen molar-refractivity contribution in [1.29, 1.82) is 0 Å². The fourth-order valence-electron chi connectivity index (χ4n) is 3.07. The third-order valence-electron chi connectivity index (χ3n) is 4.60. The van der Waals surface area contributed by atoms with Gasteiger partial charge >= 0.3 is 0 Å². The Morgan fingerprint density at radius 2 is 1.88 bits per heavy atom. The summed E-state index contributed by atoms with van der Waals surface area (Å²) < 4.78 is 32.5. The average molecular weight is 373 g/mol. The summed E-state index contributed by atoms with van der Waals surface area (Å²) in [5, 5.41) is 0. The van der Waals surface area contributed by atoms with Crippen LogP contribution in [0.25, 0.3) is 0 Å². The van der Waals surface area contributed by atoms with Crippen molar-refractivity contribution in [3.63, 3.8) is 0 Å². The minimum Gasteiger partial charge on any atom is -0.378 e. The van der Waals surface area contributed by atoms with E-state index in [4.69, 9.17) is 4.74 Å². The van der Waals surface area contributed by atoms with Gasteiger partial charge in [-0.25, -0.2) is 12.7 Å². The van der Waals surface area contributed by atoms with Crippen molar-refractivity contribution in [3.05, 3.63) is 72.4 Å². The fourth-order valence-corrected chi connectivity index (χ4v) is 4.45. The van der Waals surface area contributed by atoms with E-state index in [-0.39, 0.29) is 11.9 Å². The number of hydrogen-bond donors (Lipinski definition) is 0. The lowest BCUT2D eigenvalue weighted by Crippen LogP contribution is -2.42. The van der Waals surface area contributed by atoms with Crippen LogP contribution in [0.5, 0.6) is 0 Å². The van der Waals surface area contributed by atoms with Crippen LogP contribution in [0.3, 0.4) is 0 Å². The van der Waals surface area contributed by atoms with Gasteiger partial charge in [0.2, 0.25) is 10.0 Å². The molecule has 2 heterocycles. The molecule has 0 bridgehead atoms. The largest absolute Gasteiger partial charge is 0.378 e. The number of rotatable bonds is 8. The van der Waals surface area contributed by atoms with Gasteiger partial charge in [-0.2, -0.15) is 0 Å². The molecule has 1 radical (unpaired) electrons. The molecule has 5 nitrogen and oxygen atoms in total. The SMILES string of the molecule is O=S(=O)(C[CH]c1cccnc1)N1CCC(OCCc2ccccc2)CC1. The normalized spacial score (nSPS) is 16.6. The van der Waals surface area contributed by atoms with E-state index in [0.717, 1.165) is 24.8 Å². The van der Waals surface area contributed by atoms with E-state index in [1.165, 1.54) is 5.56 Å². The number of sulfonamides is 1. The molecule has 0 saturated carbocycles. The molecule has 0 N–H and O–H groups in total. The molecule has 1 fully saturated rings. The Morgan fingerprint density at radius 3 is 2.58 bits per heavy atom. The van der Waals surface area contributed by atoms with Gasteiger partial charge < -0.3 is 4.74 Å². The number of hydrogen-bond acceptors (Lipinski definition) is 4. The van der Waals surface area contributed by atoms with Crippen LogP contribution in [0.15, 0.2) is 54.9 Å². The third-order valence-corrected chi connectivity index (χ3v) is 6.34. The second-order valence-electron chi connectivity index (χ2n) is 6.47. The second kappa shape index (κ2) is 9.26. The molecule has 0 aliphatic carbocycles. The Kier molecular flexibility index (Phi) is 6.77. The number of piperidine rings is 1. The van der Waals surface area contributed by atoms with Crippen molar-refractivity contribution in [2.24, 2.45) is 0 Å². The van der Waals surface area contributed by atoms with E-state index in [9.17, 15) is 8.42 Å². The van der Waals surface area contributed by atoms with E-state index >= 15 is 0 Å². The summed E-state index contributed by atoms with van der Waals surface area (Å²) in [4.78, 5) is 4.00. The molecule has 0 unspecified atom stereocenters. The van der Waals surface area contributed by atoms with Crippen molar-refractivity contribution >= 4 is 10.0 Å². The van der Waals surface area contributed by atoms with Gasteiger partial charge in [-0.05, 0) is 36.5 Å². The van der Waals surface area contributed by atoms with Gasteiger partial charge in [0, 0.05) is 31.9 Å². The minimum atomic E-state index is -3.27. The molecule has 6 heteroatoms. The predicted molar refractivity (Wildman–Crippen MR) is 102 cm³/mol. The first-order chi connectivity index (χ1) is 12.6. The molecule has 0 atom stereocenters. The first kappa shape index (κ1) is 19.0. The lowest BCUT2D eigenvalue weighted by atomic mass is 10.1. The molecule has 0 amide bonds. The summed E-state index contributed by atoms with van der Waals surface area (Å²) in [5.74, 6) is 0.0121. The number of pyridine rings is 1. The van der Waals surface area contributed by atoms with Crippen LogP contribution in [0.4, 0.5) is 0 Å². The van der Waals surface area contributed by atoms with Gasteiger partial charge in [0.05, 0.1) is 18.5 Å². The van der Waals surface area contributed by atoms with Gasteiger partial charge in [-0.1, -0.05) is 36.4 Å². The fraction of sp³-hybridized carbons (Fsp3) is 0.400. The van der Waals surface area contributed by atoms with Crippen molar-refractivity contribution in [3.8, 4) is 0 Å². The smallest absolute Gasteiger partial charge is 0.214 e. The standard InChI is InChI=1S/C20H25N2O3S/c23-26(24,16-11-19-7-4-12-21-17-19)22-13-8-20(9-14-22)25-15-10-18-5-2-1-3-6-18/h1-7,11-12,17,20H,8-10,13-16H2. The zero-order valence-electron chi connectivity index (χ0n) is 14.8. The molecule has 139 valence electrons. The van der Waals surface area contributed by atoms with E-state index in [2.05, 4.69) is 17.1 Å². The summed E-state index contributed by atoms with van der Waals surface area (Å²) in [5.41, 5.74) is 2.09. The lowest BCUT2D eigenvalue weighted by molar-refractivity contribution is 0.0230. The molecule has 26 heavy (non-hydrogen) atoms. The Morgan fingerprint density at radius 1 is 1.12 bits per heavy atom. The number of ether oxygens (including phenoxy) is 1. The van der Waals surface area contributed by atoms with Crippen LogP contribution in [0.1, 0.15) is 24.0 Å². The van der Waals surface area contributed by atoms with E-state index in [1.807, 2.05) is 24.3 Å². The van der Waals surface area contributed by atoms with E-state index < -0.39 is 10.0 Å². The summed E-state index contributed by atoms with van der Waals surface area (Å²) in [6, 6.07) is 13.9. The van der Waals surface area contributed by atoms with Crippen LogP contribution in [-0.2, 0) is 21.2 Å². The van der Waals surface area contributed by atoms with Crippen LogP contribution < -0.4 is 0 Å². The highest BCUT2D eigenvalue weighted by Gasteiger charge is 2.28. The Bertz CT molecular complexity index is 758. The second-order valence-corrected chi connectivity index (χ2v) is 8.49. The number of nitrogens with zero attached hydrogens (tertiary/aromatic N) is 2. The number of aromatic nitrogens is 1. The first-order valence-corrected chi connectivity index (χ1v) is 10.6. The minimum absolute atomic E-state index is 0.0121. The molecule has 1 saturated heterocycles. The van der Waals surface area contributed by atoms with Gasteiger partial charge in [0.1, 0.15) is 0 Å². The molecule has 3 rings (SSSR count). The molecule has 1 aliphatic rings. The summed E-state index contributed by atoms with van der Waals surface area (Å²) in [6.07, 6.45) is 7.59. The van der Waals surface area contributed by atoms with Crippen molar-refractivity contribution in [1.82, 2.24) is 9.29 Å². The molecule has 2 aromatic rings. The first-order valence-electron chi connectivity index (χ1n) is 9.00. The highest BCUT2D eigenvalue weighted by atomic mass is 32.2. The van der Waals surface area contributed by atoms with Crippen LogP contribution in [-0.4, -0.2) is 49.3 Å². The van der Waals surface area contributed by atoms with Crippen molar-refractivity contribution < 1.29 is 13.2 Å². The van der Waals surface area contributed by atoms with Gasteiger partial charge in [0.15, 0.2) is 0 Å². The monoisotopic (exact) mass is 373 g/mol. The molecular formula is C20H25N2O3S.